The molecule has 1 aliphatic rings. The highest BCUT2D eigenvalue weighted by Crippen LogP contribution is 2.27. The van der Waals surface area contributed by atoms with Crippen LogP contribution < -0.4 is 10.2 Å². The van der Waals surface area contributed by atoms with Crippen molar-refractivity contribution in [1.82, 2.24) is 5.32 Å². The first-order valence-electron chi connectivity index (χ1n) is 6.62. The smallest absolute Gasteiger partial charge is 0.322 e. The van der Waals surface area contributed by atoms with Crippen LogP contribution in [-0.2, 0) is 13.0 Å². The van der Waals surface area contributed by atoms with Crippen LogP contribution in [0.2, 0.25) is 0 Å². The first-order chi connectivity index (χ1) is 9.74. The molecule has 0 saturated carbocycles. The Morgan fingerprint density at radius 3 is 2.70 bits per heavy atom. The molecule has 0 fully saturated rings. The van der Waals surface area contributed by atoms with Crippen molar-refractivity contribution in [3.8, 4) is 0 Å². The number of para-hydroxylation sites is 1. The molecule has 1 heterocycles. The van der Waals surface area contributed by atoms with E-state index in [1.54, 1.807) is 0 Å². The Labute approximate surface area is 126 Å². The molecule has 0 unspecified atom stereocenters. The van der Waals surface area contributed by atoms with Crippen molar-refractivity contribution >= 4 is 27.6 Å². The van der Waals surface area contributed by atoms with Crippen molar-refractivity contribution in [2.24, 2.45) is 0 Å². The van der Waals surface area contributed by atoms with Gasteiger partial charge in [0.15, 0.2) is 0 Å². The van der Waals surface area contributed by atoms with E-state index in [4.69, 9.17) is 0 Å². The Morgan fingerprint density at radius 2 is 1.90 bits per heavy atom. The molecule has 1 aliphatic heterocycles. The van der Waals surface area contributed by atoms with Gasteiger partial charge in [-0.3, -0.25) is 4.90 Å². The zero-order chi connectivity index (χ0) is 13.9. The Kier molecular flexibility index (Phi) is 3.74. The van der Waals surface area contributed by atoms with E-state index in [1.165, 1.54) is 5.56 Å². The van der Waals surface area contributed by atoms with E-state index < -0.39 is 0 Å². The third kappa shape index (κ3) is 2.70. The summed E-state index contributed by atoms with van der Waals surface area (Å²) in [7, 11) is 0. The summed E-state index contributed by atoms with van der Waals surface area (Å²) in [5.41, 5.74) is 3.36. The average Bonchev–Trinajstić information content (AvgIpc) is 2.90. The molecule has 0 bridgehead atoms. The predicted molar refractivity (Wildman–Crippen MR) is 83.9 cm³/mol. The summed E-state index contributed by atoms with van der Waals surface area (Å²) < 4.78 is 1.04. The number of halogens is 1. The number of nitrogens with one attached hydrogen (secondary N) is 1. The van der Waals surface area contributed by atoms with Crippen LogP contribution in [0, 0.1) is 0 Å². The van der Waals surface area contributed by atoms with Crippen LogP contribution in [0.25, 0.3) is 0 Å². The fourth-order valence-corrected chi connectivity index (χ4v) is 2.69. The van der Waals surface area contributed by atoms with Crippen LogP contribution in [0.4, 0.5) is 10.5 Å². The summed E-state index contributed by atoms with van der Waals surface area (Å²) in [4.78, 5) is 14.1. The molecule has 1 N–H and O–H groups in total. The van der Waals surface area contributed by atoms with Gasteiger partial charge in [0.25, 0.3) is 0 Å². The molecular formula is C16H15BrN2O. The summed E-state index contributed by atoms with van der Waals surface area (Å²) in [6.07, 6.45) is 0.932. The van der Waals surface area contributed by atoms with Crippen molar-refractivity contribution < 1.29 is 4.79 Å². The number of carbonyl (C=O) groups is 1. The SMILES string of the molecule is O=C(NCc1ccc(Br)cc1)N1CCc2ccccc21. The molecule has 2 aromatic rings. The lowest BCUT2D eigenvalue weighted by molar-refractivity contribution is 0.246. The van der Waals surface area contributed by atoms with Gasteiger partial charge in [-0.1, -0.05) is 46.3 Å². The highest BCUT2D eigenvalue weighted by molar-refractivity contribution is 9.10. The fraction of sp³-hybridized carbons (Fsp3) is 0.188. The number of hydrogen-bond acceptors (Lipinski definition) is 1. The lowest BCUT2D eigenvalue weighted by Crippen LogP contribution is -2.38. The van der Waals surface area contributed by atoms with Crippen LogP contribution in [0.15, 0.2) is 53.0 Å². The van der Waals surface area contributed by atoms with Gasteiger partial charge < -0.3 is 5.32 Å². The third-order valence-electron chi connectivity index (χ3n) is 3.49. The van der Waals surface area contributed by atoms with Crippen molar-refractivity contribution in [3.05, 3.63) is 64.1 Å². The number of carbonyl (C=O) groups excluding carboxylic acids is 1. The Hall–Kier alpha value is -1.81. The number of amides is 2. The second-order valence-corrected chi connectivity index (χ2v) is 5.73. The molecule has 4 heteroatoms. The van der Waals surface area contributed by atoms with Gasteiger partial charge in [-0.05, 0) is 35.7 Å². The van der Waals surface area contributed by atoms with Crippen LogP contribution >= 0.6 is 15.9 Å². The zero-order valence-corrected chi connectivity index (χ0v) is 12.6. The van der Waals surface area contributed by atoms with Gasteiger partial charge in [0.1, 0.15) is 0 Å². The first kappa shape index (κ1) is 13.2. The highest BCUT2D eigenvalue weighted by Gasteiger charge is 2.23. The van der Waals surface area contributed by atoms with Gasteiger partial charge in [0, 0.05) is 23.2 Å². The van der Waals surface area contributed by atoms with Gasteiger partial charge in [-0.15, -0.1) is 0 Å². The maximum atomic E-state index is 12.3. The van der Waals surface area contributed by atoms with Crippen LogP contribution in [0.3, 0.4) is 0 Å². The number of nitrogens with zero attached hydrogens (tertiary/aromatic N) is 1. The van der Waals surface area contributed by atoms with Crippen molar-refractivity contribution in [2.75, 3.05) is 11.4 Å². The molecule has 2 aromatic carbocycles. The molecule has 102 valence electrons. The van der Waals surface area contributed by atoms with E-state index in [1.807, 2.05) is 47.4 Å². The summed E-state index contributed by atoms with van der Waals surface area (Å²) in [6, 6.07) is 16.0. The van der Waals surface area contributed by atoms with E-state index in [9.17, 15) is 4.79 Å². The molecule has 20 heavy (non-hydrogen) atoms. The predicted octanol–water partition coefficient (Wildman–Crippen LogP) is 3.72. The van der Waals surface area contributed by atoms with Crippen molar-refractivity contribution in [1.29, 1.82) is 0 Å². The molecule has 0 aliphatic carbocycles. The van der Waals surface area contributed by atoms with Gasteiger partial charge in [-0.2, -0.15) is 0 Å². The Bertz CT molecular complexity index is 625. The minimum atomic E-state index is -0.0298. The van der Waals surface area contributed by atoms with Crippen LogP contribution in [0.1, 0.15) is 11.1 Å². The van der Waals surface area contributed by atoms with E-state index in [0.717, 1.165) is 28.7 Å². The molecule has 3 nitrogen and oxygen atoms in total. The second-order valence-electron chi connectivity index (χ2n) is 4.82. The minimum absolute atomic E-state index is 0.0298. The van der Waals surface area contributed by atoms with Gasteiger partial charge in [0.05, 0.1) is 0 Å². The van der Waals surface area contributed by atoms with Gasteiger partial charge >= 0.3 is 6.03 Å². The topological polar surface area (TPSA) is 32.3 Å². The lowest BCUT2D eigenvalue weighted by atomic mass is 10.2. The summed E-state index contributed by atoms with van der Waals surface area (Å²) in [5.74, 6) is 0. The number of hydrogen-bond donors (Lipinski definition) is 1. The van der Waals surface area contributed by atoms with E-state index >= 15 is 0 Å². The molecule has 0 spiro atoms. The monoisotopic (exact) mass is 330 g/mol. The standard InChI is InChI=1S/C16H15BrN2O/c17-14-7-5-12(6-8-14)11-18-16(20)19-10-9-13-3-1-2-4-15(13)19/h1-8H,9-11H2,(H,18,20). The summed E-state index contributed by atoms with van der Waals surface area (Å²) in [5, 5.41) is 2.97. The summed E-state index contributed by atoms with van der Waals surface area (Å²) in [6.45, 7) is 1.30. The quantitative estimate of drug-likeness (QED) is 0.894. The molecule has 2 amide bonds. The number of rotatable bonds is 2. The number of anilines is 1. The molecule has 0 radical (unpaired) electrons. The second kappa shape index (κ2) is 5.67. The first-order valence-corrected chi connectivity index (χ1v) is 7.41. The van der Waals surface area contributed by atoms with E-state index in [-0.39, 0.29) is 6.03 Å². The number of urea groups is 1. The largest absolute Gasteiger partial charge is 0.334 e. The number of fused-ring (bicyclic) bond motifs is 1. The lowest BCUT2D eigenvalue weighted by Gasteiger charge is -2.18. The van der Waals surface area contributed by atoms with Crippen LogP contribution in [0.5, 0.6) is 0 Å². The molecule has 0 aromatic heterocycles. The van der Waals surface area contributed by atoms with E-state index in [0.29, 0.717) is 6.54 Å². The van der Waals surface area contributed by atoms with Crippen molar-refractivity contribution in [2.45, 2.75) is 13.0 Å². The molecular weight excluding hydrogens is 316 g/mol. The van der Waals surface area contributed by atoms with Gasteiger partial charge in [-0.25, -0.2) is 4.79 Å². The average molecular weight is 331 g/mol. The van der Waals surface area contributed by atoms with E-state index in [2.05, 4.69) is 27.3 Å². The van der Waals surface area contributed by atoms with Gasteiger partial charge in [0.2, 0.25) is 0 Å². The zero-order valence-electron chi connectivity index (χ0n) is 11.0. The Morgan fingerprint density at radius 1 is 1.15 bits per heavy atom. The Balaban J connectivity index is 1.65. The molecule has 0 atom stereocenters. The molecule has 0 saturated heterocycles. The summed E-state index contributed by atoms with van der Waals surface area (Å²) >= 11 is 3.40. The normalized spacial score (nSPS) is 13.2. The maximum Gasteiger partial charge on any atom is 0.322 e. The fourth-order valence-electron chi connectivity index (χ4n) is 2.42. The maximum absolute atomic E-state index is 12.3. The third-order valence-corrected chi connectivity index (χ3v) is 4.02. The minimum Gasteiger partial charge on any atom is -0.334 e. The van der Waals surface area contributed by atoms with Crippen molar-refractivity contribution in [3.63, 3.8) is 0 Å². The highest BCUT2D eigenvalue weighted by atomic mass is 79.9. The van der Waals surface area contributed by atoms with Crippen LogP contribution in [-0.4, -0.2) is 12.6 Å². The molecule has 3 rings (SSSR count). The number of benzene rings is 2.